The number of carbonyl (C=O) groups is 1. The molecule has 2 N–H and O–H groups in total. The molecule has 0 saturated carbocycles. The average molecular weight is 486 g/mol. The normalized spacial score (nSPS) is 20.5. The number of aryl methyl sites for hydroxylation is 1. The van der Waals surface area contributed by atoms with Crippen molar-refractivity contribution < 1.29 is 23.1 Å². The Morgan fingerprint density at radius 2 is 1.97 bits per heavy atom. The van der Waals surface area contributed by atoms with Gasteiger partial charge in [0, 0.05) is 19.1 Å². The van der Waals surface area contributed by atoms with E-state index in [9.17, 15) is 23.1 Å². The molecule has 5 rings (SSSR count). The van der Waals surface area contributed by atoms with Crippen molar-refractivity contribution in [3.63, 3.8) is 0 Å². The van der Waals surface area contributed by atoms with Crippen LogP contribution in [0, 0.1) is 13.8 Å². The maximum Gasteiger partial charge on any atom is 0.416 e. The molecule has 2 fully saturated rings. The van der Waals surface area contributed by atoms with Gasteiger partial charge in [0.25, 0.3) is 0 Å². The van der Waals surface area contributed by atoms with Crippen LogP contribution in [0.5, 0.6) is 0 Å². The number of halogens is 3. The second-order valence-corrected chi connectivity index (χ2v) is 9.20. The molecule has 0 aliphatic carbocycles. The Hall–Kier alpha value is -3.63. The number of piperazine rings is 1. The molecular formula is C24H25F3N6O2. The lowest BCUT2D eigenvalue weighted by atomic mass is 9.97. The van der Waals surface area contributed by atoms with Gasteiger partial charge in [-0.25, -0.2) is 19.7 Å². The summed E-state index contributed by atoms with van der Waals surface area (Å²) in [5, 5.41) is 13.3. The Kier molecular flexibility index (Phi) is 5.45. The average Bonchev–Trinajstić information content (AvgIpc) is 3.39. The zero-order valence-corrected chi connectivity index (χ0v) is 19.5. The van der Waals surface area contributed by atoms with Gasteiger partial charge in [-0.15, -0.1) is 0 Å². The van der Waals surface area contributed by atoms with Gasteiger partial charge in [-0.3, -0.25) is 0 Å². The maximum atomic E-state index is 13.4. The Bertz CT molecular complexity index is 1310. The standard InChI is InChI=1S/C24H25F3N6O2/c1-12-18(5-4-6-20(12)24(25,26)27)13(2)29-22-19-8-15(9-28-21(19)30-14(3)31-22)32-10-17-7-16(32)11-33(17)23(34)35/h4-6,8-9,13,16-17H,7,10-11H2,1-3H3,(H,34,35)(H,28,29,30,31)/t13?,16-,17-/m0/s1. The largest absolute Gasteiger partial charge is 0.465 e. The number of fused-ring (bicyclic) bond motifs is 3. The molecule has 2 saturated heterocycles. The second kappa shape index (κ2) is 8.24. The fourth-order valence-electron chi connectivity index (χ4n) is 5.31. The van der Waals surface area contributed by atoms with E-state index in [1.165, 1.54) is 17.9 Å². The van der Waals surface area contributed by atoms with Crippen molar-refractivity contribution in [1.82, 2.24) is 19.9 Å². The molecule has 11 heteroatoms. The van der Waals surface area contributed by atoms with Crippen molar-refractivity contribution in [1.29, 1.82) is 0 Å². The molecule has 4 heterocycles. The Morgan fingerprint density at radius 3 is 2.63 bits per heavy atom. The topological polar surface area (TPSA) is 94.5 Å². The first-order valence-corrected chi connectivity index (χ1v) is 11.4. The minimum absolute atomic E-state index is 0.0519. The van der Waals surface area contributed by atoms with Crippen LogP contribution < -0.4 is 10.2 Å². The Balaban J connectivity index is 1.47. The highest BCUT2D eigenvalue weighted by Crippen LogP contribution is 2.37. The minimum Gasteiger partial charge on any atom is -0.465 e. The summed E-state index contributed by atoms with van der Waals surface area (Å²) in [4.78, 5) is 28.5. The van der Waals surface area contributed by atoms with E-state index in [1.54, 1.807) is 26.1 Å². The van der Waals surface area contributed by atoms with Crippen LogP contribution in [0.25, 0.3) is 11.0 Å². The van der Waals surface area contributed by atoms with Gasteiger partial charge < -0.3 is 20.2 Å². The van der Waals surface area contributed by atoms with Crippen LogP contribution in [-0.2, 0) is 6.18 Å². The van der Waals surface area contributed by atoms with Crippen molar-refractivity contribution in [3.8, 4) is 0 Å². The molecule has 3 atom stereocenters. The lowest BCUT2D eigenvalue weighted by Gasteiger charge is -2.34. The highest BCUT2D eigenvalue weighted by Gasteiger charge is 2.45. The molecule has 3 aromatic rings. The van der Waals surface area contributed by atoms with Gasteiger partial charge in [0.05, 0.1) is 34.9 Å². The van der Waals surface area contributed by atoms with Gasteiger partial charge in [-0.05, 0) is 50.5 Å². The van der Waals surface area contributed by atoms with Gasteiger partial charge in [0.15, 0.2) is 5.65 Å². The molecule has 1 unspecified atom stereocenters. The number of amides is 1. The number of likely N-dealkylation sites (tertiary alicyclic amines) is 1. The number of pyridine rings is 1. The van der Waals surface area contributed by atoms with E-state index in [0.29, 0.717) is 41.3 Å². The van der Waals surface area contributed by atoms with Crippen LogP contribution in [0.4, 0.5) is 29.5 Å². The van der Waals surface area contributed by atoms with Crippen LogP contribution in [0.1, 0.15) is 41.9 Å². The fourth-order valence-corrected chi connectivity index (χ4v) is 5.31. The molecule has 2 bridgehead atoms. The Labute approximate surface area is 199 Å². The van der Waals surface area contributed by atoms with E-state index in [0.717, 1.165) is 18.2 Å². The lowest BCUT2D eigenvalue weighted by molar-refractivity contribution is -0.138. The summed E-state index contributed by atoms with van der Waals surface area (Å²) in [5.74, 6) is 0.980. The number of nitrogens with zero attached hydrogens (tertiary/aromatic N) is 5. The quantitative estimate of drug-likeness (QED) is 0.548. The third-order valence-electron chi connectivity index (χ3n) is 6.97. The molecule has 1 amide bonds. The molecule has 2 aliphatic rings. The van der Waals surface area contributed by atoms with Crippen LogP contribution in [0.3, 0.4) is 0 Å². The molecule has 2 aliphatic heterocycles. The van der Waals surface area contributed by atoms with Crippen LogP contribution in [0.15, 0.2) is 30.5 Å². The van der Waals surface area contributed by atoms with E-state index < -0.39 is 23.9 Å². The van der Waals surface area contributed by atoms with E-state index in [2.05, 4.69) is 25.2 Å². The monoisotopic (exact) mass is 486 g/mol. The van der Waals surface area contributed by atoms with E-state index >= 15 is 0 Å². The smallest absolute Gasteiger partial charge is 0.416 e. The lowest BCUT2D eigenvalue weighted by Crippen LogP contribution is -2.48. The van der Waals surface area contributed by atoms with Crippen molar-refractivity contribution >= 4 is 28.6 Å². The highest BCUT2D eigenvalue weighted by atomic mass is 19.4. The number of aromatic nitrogens is 3. The van der Waals surface area contributed by atoms with Crippen molar-refractivity contribution in [2.45, 2.75) is 51.5 Å². The summed E-state index contributed by atoms with van der Waals surface area (Å²) in [6, 6.07) is 5.66. The SMILES string of the molecule is Cc1nc(NC(C)c2cccc(C(F)(F)F)c2C)c2cc(N3C[C@@H]4C[C@H]3CN4C(=O)O)cnc2n1. The summed E-state index contributed by atoms with van der Waals surface area (Å²) < 4.78 is 40.2. The Morgan fingerprint density at radius 1 is 1.20 bits per heavy atom. The number of alkyl halides is 3. The number of hydrogen-bond acceptors (Lipinski definition) is 6. The molecule has 8 nitrogen and oxygen atoms in total. The van der Waals surface area contributed by atoms with Crippen molar-refractivity contribution in [2.75, 3.05) is 23.3 Å². The maximum absolute atomic E-state index is 13.4. The molecule has 35 heavy (non-hydrogen) atoms. The zero-order valence-electron chi connectivity index (χ0n) is 19.5. The number of anilines is 2. The number of carboxylic acid groups (broad SMARTS) is 1. The first-order valence-electron chi connectivity index (χ1n) is 11.4. The molecular weight excluding hydrogens is 461 g/mol. The first-order chi connectivity index (χ1) is 16.5. The molecule has 0 radical (unpaired) electrons. The molecule has 2 aromatic heterocycles. The molecule has 184 valence electrons. The number of nitrogens with one attached hydrogen (secondary N) is 1. The van der Waals surface area contributed by atoms with Crippen LogP contribution >= 0.6 is 0 Å². The van der Waals surface area contributed by atoms with Gasteiger partial charge >= 0.3 is 12.3 Å². The van der Waals surface area contributed by atoms with E-state index in [1.807, 2.05) is 6.07 Å². The molecule has 1 aromatic carbocycles. The highest BCUT2D eigenvalue weighted by molar-refractivity contribution is 5.89. The third kappa shape index (κ3) is 4.08. The van der Waals surface area contributed by atoms with Crippen LogP contribution in [0.2, 0.25) is 0 Å². The van der Waals surface area contributed by atoms with Gasteiger partial charge in [-0.2, -0.15) is 13.2 Å². The summed E-state index contributed by atoms with van der Waals surface area (Å²) in [6.45, 7) is 6.03. The zero-order chi connectivity index (χ0) is 25.1. The van der Waals surface area contributed by atoms with E-state index in [4.69, 9.17) is 0 Å². The predicted octanol–water partition coefficient (Wildman–Crippen LogP) is 4.77. The predicted molar refractivity (Wildman–Crippen MR) is 125 cm³/mol. The van der Waals surface area contributed by atoms with Crippen molar-refractivity contribution in [3.05, 3.63) is 53.0 Å². The van der Waals surface area contributed by atoms with Gasteiger partial charge in [0.1, 0.15) is 11.6 Å². The fraction of sp³-hybridized carbons (Fsp3) is 0.417. The van der Waals surface area contributed by atoms with Crippen molar-refractivity contribution in [2.24, 2.45) is 0 Å². The van der Waals surface area contributed by atoms with E-state index in [-0.39, 0.29) is 17.6 Å². The minimum atomic E-state index is -4.43. The summed E-state index contributed by atoms with van der Waals surface area (Å²) in [7, 11) is 0. The summed E-state index contributed by atoms with van der Waals surface area (Å²) in [5.41, 5.74) is 1.36. The van der Waals surface area contributed by atoms with Gasteiger partial charge in [-0.1, -0.05) is 12.1 Å². The summed E-state index contributed by atoms with van der Waals surface area (Å²) >= 11 is 0. The number of rotatable bonds is 4. The molecule has 0 spiro atoms. The second-order valence-electron chi connectivity index (χ2n) is 9.20. The third-order valence-corrected chi connectivity index (χ3v) is 6.97. The number of benzene rings is 1. The first kappa shape index (κ1) is 23.1. The summed E-state index contributed by atoms with van der Waals surface area (Å²) in [6.07, 6.45) is -2.83. The van der Waals surface area contributed by atoms with Crippen LogP contribution in [-0.4, -0.2) is 56.2 Å². The number of hydrogen-bond donors (Lipinski definition) is 2. The van der Waals surface area contributed by atoms with Gasteiger partial charge in [0.2, 0.25) is 0 Å².